The average Bonchev–Trinajstić information content (AvgIpc) is 2.97. The maximum absolute atomic E-state index is 14.2. The number of ether oxygens (including phenoxy) is 5. The van der Waals surface area contributed by atoms with E-state index >= 15 is 0 Å². The molecule has 53 heavy (non-hydrogen) atoms. The molecule has 0 saturated carbocycles. The number of hydrogen-bond acceptors (Lipinski definition) is 11. The summed E-state index contributed by atoms with van der Waals surface area (Å²) in [6.45, 7) is 24.4. The van der Waals surface area contributed by atoms with Gasteiger partial charge in [-0.15, -0.1) is 0 Å². The van der Waals surface area contributed by atoms with Crippen molar-refractivity contribution in [3.63, 3.8) is 0 Å². The lowest BCUT2D eigenvalue weighted by Gasteiger charge is -2.49. The molecule has 0 bridgehead atoms. The quantitative estimate of drug-likeness (QED) is 0.125. The summed E-state index contributed by atoms with van der Waals surface area (Å²) in [6, 6.07) is 5.53. The van der Waals surface area contributed by atoms with Crippen molar-refractivity contribution in [1.82, 2.24) is 10.2 Å². The van der Waals surface area contributed by atoms with Crippen LogP contribution >= 0.6 is 22.6 Å². The van der Waals surface area contributed by atoms with Gasteiger partial charge in [0, 0.05) is 9.11 Å². The molecule has 1 heterocycles. The number of carbonyl (C=O) groups is 6. The molecule has 6 atom stereocenters. The van der Waals surface area contributed by atoms with E-state index in [1.54, 1.807) is 122 Å². The minimum atomic E-state index is -1.68. The van der Waals surface area contributed by atoms with Crippen molar-refractivity contribution in [3.8, 4) is 0 Å². The van der Waals surface area contributed by atoms with Gasteiger partial charge in [0.1, 0.15) is 12.6 Å². The third kappa shape index (κ3) is 12.9. The van der Waals surface area contributed by atoms with Crippen molar-refractivity contribution < 1.29 is 52.5 Å². The topological polar surface area (TPSA) is 164 Å². The first-order valence-corrected chi connectivity index (χ1v) is 18.7. The highest BCUT2D eigenvalue weighted by Crippen LogP contribution is 2.39. The van der Waals surface area contributed by atoms with Crippen LogP contribution in [0.4, 0.5) is 0 Å². The summed E-state index contributed by atoms with van der Waals surface area (Å²) in [7, 11) is 0. The molecular formula is C39H59IN2O11. The molecule has 14 heteroatoms. The van der Waals surface area contributed by atoms with Crippen molar-refractivity contribution in [3.05, 3.63) is 33.4 Å². The van der Waals surface area contributed by atoms with Gasteiger partial charge in [-0.3, -0.25) is 33.7 Å². The van der Waals surface area contributed by atoms with Gasteiger partial charge in [-0.1, -0.05) is 12.1 Å². The minimum absolute atomic E-state index is 0.376. The molecule has 0 aromatic heterocycles. The zero-order valence-corrected chi connectivity index (χ0v) is 36.0. The number of benzene rings is 1. The highest BCUT2D eigenvalue weighted by Gasteiger charge is 2.57. The fourth-order valence-electron chi connectivity index (χ4n) is 4.80. The van der Waals surface area contributed by atoms with Gasteiger partial charge in [-0.25, -0.2) is 0 Å². The summed E-state index contributed by atoms with van der Waals surface area (Å²) in [5.74, 6) is -4.68. The Bertz CT molecular complexity index is 1510. The van der Waals surface area contributed by atoms with Crippen molar-refractivity contribution in [2.45, 2.75) is 140 Å². The fraction of sp³-hybridized carbons (Fsp3) is 0.692. The van der Waals surface area contributed by atoms with Crippen LogP contribution in [-0.4, -0.2) is 78.0 Å². The lowest BCUT2D eigenvalue weighted by Crippen LogP contribution is -2.66. The summed E-state index contributed by atoms with van der Waals surface area (Å²) in [6.07, 6.45) is -6.08. The summed E-state index contributed by atoms with van der Waals surface area (Å²) in [5, 5.41) is 2.92. The summed E-state index contributed by atoms with van der Waals surface area (Å²) < 4.78 is 31.2. The van der Waals surface area contributed by atoms with Crippen LogP contribution in [0.5, 0.6) is 0 Å². The van der Waals surface area contributed by atoms with Gasteiger partial charge in [0.15, 0.2) is 18.4 Å². The number of carbonyl (C=O) groups excluding carboxylic acids is 6. The Kier molecular flexibility index (Phi) is 14.7. The standard InChI is InChI=1S/C39H59IN2O11/c1-35(2,3)31(45)49-20-24-26(50-32(46)36(4,5)6)27(51-33(47)37(7,8)9)29(52-30(24)53-34(48)38(10,11)12)42(21-43)25(28(44)41-39(13,14)15)22-17-16-18-23(40)19-22/h16-19,21,24-27,29-30H,20H2,1-15H3,(H,41,44). The van der Waals surface area contributed by atoms with Gasteiger partial charge < -0.3 is 29.0 Å². The number of rotatable bonds is 10. The van der Waals surface area contributed by atoms with E-state index in [1.165, 1.54) is 0 Å². The number of hydrogen-bond donors (Lipinski definition) is 1. The van der Waals surface area contributed by atoms with E-state index < -0.39 is 100 Å². The normalized spacial score (nSPS) is 21.8. The van der Waals surface area contributed by atoms with Gasteiger partial charge in [0.05, 0.1) is 27.6 Å². The average molecular weight is 859 g/mol. The Hall–Kier alpha value is -3.27. The van der Waals surface area contributed by atoms with Crippen LogP contribution in [0.15, 0.2) is 24.3 Å². The van der Waals surface area contributed by atoms with Crippen LogP contribution in [0.25, 0.3) is 0 Å². The first-order valence-electron chi connectivity index (χ1n) is 17.6. The van der Waals surface area contributed by atoms with E-state index in [2.05, 4.69) is 27.9 Å². The number of halogens is 1. The number of amides is 2. The monoisotopic (exact) mass is 858 g/mol. The SMILES string of the molecule is CC(C)(C)NC(=O)C(c1cccc(I)c1)N(C=O)C1OC(OC(=O)C(C)(C)C)C(COC(=O)C(C)(C)C)C(OC(=O)C(C)(C)C)C1OC(=O)C(C)(C)C. The molecule has 6 unspecified atom stereocenters. The van der Waals surface area contributed by atoms with E-state index in [0.717, 1.165) is 8.47 Å². The lowest BCUT2D eigenvalue weighted by molar-refractivity contribution is -0.312. The predicted octanol–water partition coefficient (Wildman–Crippen LogP) is 6.10. The number of nitrogens with zero attached hydrogens (tertiary/aromatic N) is 1. The number of esters is 4. The Balaban J connectivity index is 3.02. The summed E-state index contributed by atoms with van der Waals surface area (Å²) in [5.41, 5.74) is -4.54. The zero-order valence-electron chi connectivity index (χ0n) is 33.9. The second-order valence-corrected chi connectivity index (χ2v) is 19.8. The Morgan fingerprint density at radius 3 is 1.66 bits per heavy atom. The molecule has 1 N–H and O–H groups in total. The Morgan fingerprint density at radius 1 is 0.755 bits per heavy atom. The lowest BCUT2D eigenvalue weighted by atomic mass is 9.89. The molecule has 13 nitrogen and oxygen atoms in total. The molecule has 2 rings (SSSR count). The van der Waals surface area contributed by atoms with E-state index in [9.17, 15) is 28.8 Å². The molecule has 0 aliphatic carbocycles. The molecule has 1 fully saturated rings. The second kappa shape index (κ2) is 17.0. The van der Waals surface area contributed by atoms with E-state index in [-0.39, 0.29) is 0 Å². The van der Waals surface area contributed by atoms with Crippen LogP contribution in [-0.2, 0) is 52.5 Å². The van der Waals surface area contributed by atoms with E-state index in [0.29, 0.717) is 12.0 Å². The molecular weight excluding hydrogens is 799 g/mol. The van der Waals surface area contributed by atoms with E-state index in [4.69, 9.17) is 23.7 Å². The molecule has 1 aliphatic rings. The highest BCUT2D eigenvalue weighted by atomic mass is 127. The number of nitrogens with one attached hydrogen (secondary N) is 1. The zero-order chi connectivity index (χ0) is 41.1. The Labute approximate surface area is 328 Å². The molecule has 0 spiro atoms. The van der Waals surface area contributed by atoms with Crippen LogP contribution < -0.4 is 5.32 Å². The predicted molar refractivity (Wildman–Crippen MR) is 204 cm³/mol. The van der Waals surface area contributed by atoms with Gasteiger partial charge in [-0.05, 0) is 144 Å². The molecule has 2 amide bonds. The molecule has 1 saturated heterocycles. The van der Waals surface area contributed by atoms with Crippen LogP contribution in [0.3, 0.4) is 0 Å². The molecule has 298 valence electrons. The van der Waals surface area contributed by atoms with Crippen molar-refractivity contribution >= 4 is 58.8 Å². The van der Waals surface area contributed by atoms with E-state index in [1.807, 2.05) is 6.07 Å². The van der Waals surface area contributed by atoms with Crippen molar-refractivity contribution in [2.24, 2.45) is 27.6 Å². The van der Waals surface area contributed by atoms with Crippen molar-refractivity contribution in [2.75, 3.05) is 6.61 Å². The molecule has 1 aromatic carbocycles. The van der Waals surface area contributed by atoms with Crippen LogP contribution in [0.2, 0.25) is 0 Å². The first-order chi connectivity index (χ1) is 23.9. The third-order valence-corrected chi connectivity index (χ3v) is 8.51. The van der Waals surface area contributed by atoms with Gasteiger partial charge >= 0.3 is 23.9 Å². The van der Waals surface area contributed by atoms with Gasteiger partial charge in [0.25, 0.3) is 0 Å². The summed E-state index contributed by atoms with van der Waals surface area (Å²) in [4.78, 5) is 82.7. The fourth-order valence-corrected chi connectivity index (χ4v) is 5.36. The first kappa shape index (κ1) is 45.9. The van der Waals surface area contributed by atoms with Crippen LogP contribution in [0.1, 0.15) is 115 Å². The maximum atomic E-state index is 14.2. The molecule has 0 radical (unpaired) electrons. The largest absolute Gasteiger partial charge is 0.465 e. The van der Waals surface area contributed by atoms with Gasteiger partial charge in [-0.2, -0.15) is 0 Å². The second-order valence-electron chi connectivity index (χ2n) is 18.6. The minimum Gasteiger partial charge on any atom is -0.465 e. The third-order valence-electron chi connectivity index (χ3n) is 7.84. The smallest absolute Gasteiger partial charge is 0.313 e. The molecule has 1 aliphatic heterocycles. The summed E-state index contributed by atoms with van der Waals surface area (Å²) >= 11 is 2.08. The highest BCUT2D eigenvalue weighted by molar-refractivity contribution is 14.1. The van der Waals surface area contributed by atoms with Gasteiger partial charge in [0.2, 0.25) is 18.6 Å². The molecule has 1 aromatic rings. The Morgan fingerprint density at radius 2 is 1.23 bits per heavy atom. The van der Waals surface area contributed by atoms with Crippen molar-refractivity contribution in [1.29, 1.82) is 0 Å². The van der Waals surface area contributed by atoms with Crippen LogP contribution in [0, 0.1) is 31.1 Å². The maximum Gasteiger partial charge on any atom is 0.313 e.